The number of nitrogens with zero attached hydrogens (tertiary/aromatic N) is 3. The molecule has 2 bridgehead atoms. The number of carbonyl (C=O) groups excluding carboxylic acids is 1. The van der Waals surface area contributed by atoms with E-state index in [1.54, 1.807) is 13.3 Å². The van der Waals surface area contributed by atoms with Gasteiger partial charge in [-0.25, -0.2) is 9.78 Å². The van der Waals surface area contributed by atoms with Crippen molar-refractivity contribution in [2.24, 2.45) is 0 Å². The molecule has 0 radical (unpaired) electrons. The number of aryl methyl sites for hydroxylation is 1. The Labute approximate surface area is 169 Å². The Hall–Kier alpha value is -2.97. The average Bonchev–Trinajstić information content (AvgIpc) is 3.15. The van der Waals surface area contributed by atoms with Crippen LogP contribution in [0.4, 0.5) is 10.6 Å². The number of methoxy groups -OCH3 is 1. The Morgan fingerprint density at radius 3 is 2.86 bits per heavy atom. The summed E-state index contributed by atoms with van der Waals surface area (Å²) >= 11 is 0. The maximum atomic E-state index is 12.6. The Kier molecular flexibility index (Phi) is 5.73. The van der Waals surface area contributed by atoms with E-state index in [0.29, 0.717) is 25.5 Å². The van der Waals surface area contributed by atoms with Crippen molar-refractivity contribution in [2.45, 2.75) is 32.0 Å². The monoisotopic (exact) mass is 395 g/mol. The van der Waals surface area contributed by atoms with Gasteiger partial charge in [-0.15, -0.1) is 0 Å². The van der Waals surface area contributed by atoms with Crippen molar-refractivity contribution in [3.63, 3.8) is 0 Å². The number of fused-ring (bicyclic) bond motifs is 4. The van der Waals surface area contributed by atoms with Gasteiger partial charge in [0.25, 0.3) is 0 Å². The van der Waals surface area contributed by atoms with Crippen LogP contribution in [0.25, 0.3) is 10.9 Å². The molecule has 2 amide bonds. The molecule has 2 N–H and O–H groups in total. The maximum Gasteiger partial charge on any atom is 0.320 e. The summed E-state index contributed by atoms with van der Waals surface area (Å²) in [6, 6.07) is 11.0. The molecule has 8 nitrogen and oxygen atoms in total. The Balaban J connectivity index is 1.70. The van der Waals surface area contributed by atoms with Crippen molar-refractivity contribution in [1.82, 2.24) is 20.1 Å². The first-order valence-electron chi connectivity index (χ1n) is 9.76. The lowest BCUT2D eigenvalue weighted by atomic mass is 10.1. The first kappa shape index (κ1) is 19.4. The molecule has 1 aliphatic rings. The van der Waals surface area contributed by atoms with Gasteiger partial charge in [0.2, 0.25) is 0 Å². The van der Waals surface area contributed by atoms with Gasteiger partial charge in [0.05, 0.1) is 42.8 Å². The second kappa shape index (κ2) is 8.59. The van der Waals surface area contributed by atoms with Crippen molar-refractivity contribution in [1.29, 1.82) is 0 Å². The summed E-state index contributed by atoms with van der Waals surface area (Å²) in [4.78, 5) is 17.3. The van der Waals surface area contributed by atoms with Crippen molar-refractivity contribution in [2.75, 3.05) is 25.6 Å². The molecule has 152 valence electrons. The van der Waals surface area contributed by atoms with Crippen molar-refractivity contribution in [3.05, 3.63) is 53.9 Å². The summed E-state index contributed by atoms with van der Waals surface area (Å²) < 4.78 is 13.5. The van der Waals surface area contributed by atoms with Gasteiger partial charge < -0.3 is 14.8 Å². The fourth-order valence-electron chi connectivity index (χ4n) is 3.61. The molecule has 1 aromatic carbocycles. The Morgan fingerprint density at radius 2 is 2.10 bits per heavy atom. The highest BCUT2D eigenvalue weighted by Gasteiger charge is 2.21. The molecule has 0 saturated carbocycles. The Morgan fingerprint density at radius 1 is 1.28 bits per heavy atom. The summed E-state index contributed by atoms with van der Waals surface area (Å²) in [5.41, 5.74) is 2.76. The van der Waals surface area contributed by atoms with Gasteiger partial charge in [0, 0.05) is 25.5 Å². The van der Waals surface area contributed by atoms with Crippen molar-refractivity contribution < 1.29 is 14.3 Å². The summed E-state index contributed by atoms with van der Waals surface area (Å²) in [5.74, 6) is 0.490. The molecular weight excluding hydrogens is 370 g/mol. The standard InChI is InChI=1S/C21H25N5O3/c1-3-26-20-15(11-22-26)9-19-23-17(20)10-16(28-2)12-29-13-18(24-21(27)25-19)14-7-5-4-6-8-14/h4-9,11,16,18H,3,10,12-13H2,1-2H3,(H2,23,24,25,27)/t16?,18-/m1/s1. The van der Waals surface area contributed by atoms with E-state index in [1.807, 2.05) is 48.0 Å². The molecule has 2 atom stereocenters. The average molecular weight is 395 g/mol. The SMILES string of the molecule is CCn1ncc2cc3nc(c21)CC(OC)COC[C@H](c1ccccc1)NC(=O)N3. The van der Waals surface area contributed by atoms with Gasteiger partial charge in [-0.3, -0.25) is 10.00 Å². The zero-order valence-corrected chi connectivity index (χ0v) is 16.6. The number of nitrogens with one attached hydrogen (secondary N) is 2. The first-order valence-corrected chi connectivity index (χ1v) is 9.76. The largest absolute Gasteiger partial charge is 0.379 e. The van der Waals surface area contributed by atoms with Gasteiger partial charge in [-0.1, -0.05) is 30.3 Å². The molecule has 1 aliphatic heterocycles. The molecule has 0 fully saturated rings. The number of hydrogen-bond donors (Lipinski definition) is 2. The van der Waals surface area contributed by atoms with E-state index in [1.165, 1.54) is 0 Å². The summed E-state index contributed by atoms with van der Waals surface area (Å²) in [6.45, 7) is 3.52. The van der Waals surface area contributed by atoms with Gasteiger partial charge in [0.1, 0.15) is 5.82 Å². The topological polar surface area (TPSA) is 90.3 Å². The zero-order valence-electron chi connectivity index (χ0n) is 16.6. The van der Waals surface area contributed by atoms with Crippen LogP contribution >= 0.6 is 0 Å². The molecule has 8 heteroatoms. The fourth-order valence-corrected chi connectivity index (χ4v) is 3.61. The predicted molar refractivity (Wildman–Crippen MR) is 110 cm³/mol. The molecule has 0 saturated heterocycles. The van der Waals surface area contributed by atoms with Crippen LogP contribution in [-0.4, -0.2) is 47.2 Å². The number of benzene rings is 1. The highest BCUT2D eigenvalue weighted by atomic mass is 16.5. The van der Waals surface area contributed by atoms with Gasteiger partial charge in [0.15, 0.2) is 0 Å². The van der Waals surface area contributed by atoms with E-state index < -0.39 is 0 Å². The van der Waals surface area contributed by atoms with Crippen LogP contribution in [0.3, 0.4) is 0 Å². The second-order valence-electron chi connectivity index (χ2n) is 7.01. The minimum Gasteiger partial charge on any atom is -0.379 e. The summed E-state index contributed by atoms with van der Waals surface area (Å²) in [7, 11) is 1.67. The minimum absolute atomic E-state index is 0.160. The third kappa shape index (κ3) is 4.23. The molecule has 29 heavy (non-hydrogen) atoms. The number of pyridine rings is 1. The number of amides is 2. The van der Waals surface area contributed by atoms with Gasteiger partial charge in [-0.2, -0.15) is 5.10 Å². The fraction of sp³-hybridized carbons (Fsp3) is 0.381. The van der Waals surface area contributed by atoms with E-state index >= 15 is 0 Å². The van der Waals surface area contributed by atoms with Crippen molar-refractivity contribution >= 4 is 22.8 Å². The second-order valence-corrected chi connectivity index (χ2v) is 7.01. The lowest BCUT2D eigenvalue weighted by molar-refractivity contribution is 0.00272. The quantitative estimate of drug-likeness (QED) is 0.712. The number of anilines is 1. The normalized spacial score (nSPS) is 20.4. The number of aromatic nitrogens is 3. The Bertz CT molecular complexity index is 989. The zero-order chi connectivity index (χ0) is 20.2. The number of ether oxygens (including phenoxy) is 2. The van der Waals surface area contributed by atoms with E-state index in [4.69, 9.17) is 14.5 Å². The number of urea groups is 1. The van der Waals surface area contributed by atoms with E-state index in [2.05, 4.69) is 15.7 Å². The van der Waals surface area contributed by atoms with E-state index in [-0.39, 0.29) is 18.2 Å². The summed E-state index contributed by atoms with van der Waals surface area (Å²) in [5, 5.41) is 11.2. The van der Waals surface area contributed by atoms with Gasteiger partial charge in [-0.05, 0) is 18.6 Å². The van der Waals surface area contributed by atoms with Crippen LogP contribution in [-0.2, 0) is 22.4 Å². The molecule has 0 aliphatic carbocycles. The minimum atomic E-state index is -0.327. The molecule has 3 aromatic rings. The molecule has 3 heterocycles. The van der Waals surface area contributed by atoms with Crippen molar-refractivity contribution in [3.8, 4) is 0 Å². The van der Waals surface area contributed by atoms with E-state index in [9.17, 15) is 4.79 Å². The first-order chi connectivity index (χ1) is 14.2. The van der Waals surface area contributed by atoms with Crippen LogP contribution in [0.1, 0.15) is 24.2 Å². The highest BCUT2D eigenvalue weighted by molar-refractivity contribution is 5.92. The van der Waals surface area contributed by atoms with Crippen LogP contribution < -0.4 is 10.6 Å². The van der Waals surface area contributed by atoms with Crippen LogP contribution in [0, 0.1) is 0 Å². The molecule has 0 spiro atoms. The molecule has 4 rings (SSSR count). The van der Waals surface area contributed by atoms with Crippen LogP contribution in [0.15, 0.2) is 42.6 Å². The van der Waals surface area contributed by atoms with Crippen LogP contribution in [0.5, 0.6) is 0 Å². The smallest absolute Gasteiger partial charge is 0.320 e. The predicted octanol–water partition coefficient (Wildman–Crippen LogP) is 2.90. The number of carbonyl (C=O) groups is 1. The molecule has 2 aromatic heterocycles. The summed E-state index contributed by atoms with van der Waals surface area (Å²) in [6.07, 6.45) is 2.20. The van der Waals surface area contributed by atoms with Crippen LogP contribution in [0.2, 0.25) is 0 Å². The van der Waals surface area contributed by atoms with E-state index in [0.717, 1.165) is 28.7 Å². The third-order valence-corrected chi connectivity index (χ3v) is 5.08. The highest BCUT2D eigenvalue weighted by Crippen LogP contribution is 2.24. The maximum absolute atomic E-state index is 12.6. The molecule has 1 unspecified atom stereocenters. The lowest BCUT2D eigenvalue weighted by Crippen LogP contribution is -2.36. The molecular formula is C21H25N5O3. The third-order valence-electron chi connectivity index (χ3n) is 5.08. The number of hydrogen-bond acceptors (Lipinski definition) is 5. The van der Waals surface area contributed by atoms with Gasteiger partial charge >= 0.3 is 6.03 Å². The lowest BCUT2D eigenvalue weighted by Gasteiger charge is -2.23. The number of rotatable bonds is 3.